The quantitative estimate of drug-likeness (QED) is 0.296. The van der Waals surface area contributed by atoms with Crippen molar-refractivity contribution in [2.24, 2.45) is 81.8 Å². The number of benzene rings is 1. The minimum atomic E-state index is -0.180. The van der Waals surface area contributed by atoms with Crippen LogP contribution in [0.25, 0.3) is 0 Å². The normalized spacial score (nSPS) is 53.5. The highest BCUT2D eigenvalue weighted by Gasteiger charge is 2.64. The van der Waals surface area contributed by atoms with Gasteiger partial charge in [0.2, 0.25) is 11.8 Å². The molecule has 278 valence electrons. The third-order valence-corrected chi connectivity index (χ3v) is 19.7. The summed E-state index contributed by atoms with van der Waals surface area (Å²) in [5.74, 6) is 10.2. The van der Waals surface area contributed by atoms with Gasteiger partial charge in [-0.15, -0.1) is 0 Å². The minimum Gasteiger partial charge on any atom is -0.304 e. The van der Waals surface area contributed by atoms with Gasteiger partial charge in [-0.3, -0.25) is 9.59 Å². The van der Waals surface area contributed by atoms with Gasteiger partial charge in [0.05, 0.1) is 22.2 Å². The number of nitrogens with zero attached hydrogens (tertiary/aromatic N) is 2. The van der Waals surface area contributed by atoms with E-state index in [2.05, 4.69) is 34.1 Å². The first-order valence-electron chi connectivity index (χ1n) is 23.0. The Morgan fingerprint density at radius 3 is 0.808 bits per heavy atom. The lowest BCUT2D eigenvalue weighted by Crippen LogP contribution is -2.67. The second-order valence-electron chi connectivity index (χ2n) is 23.4. The first kappa shape index (κ1) is 31.4. The highest BCUT2D eigenvalue weighted by Crippen LogP contribution is 2.67. The van der Waals surface area contributed by atoms with Gasteiger partial charge in [-0.25, -0.2) is 0 Å². The van der Waals surface area contributed by atoms with Gasteiger partial charge in [-0.1, -0.05) is 12.1 Å². The molecule has 4 heteroatoms. The minimum absolute atomic E-state index is 0.0673. The maximum Gasteiger partial charge on any atom is 0.233 e. The number of carbonyl (C=O) groups excluding carboxylic acids is 2. The number of para-hydroxylation sites is 2. The standard InChI is InChI=1S/C48H64N2O2/c51-43(45-17-29-5-30(18-45)7-31(6-29)19-45)49(47-23-35-11-36(24-47)13-37(12-35)25-47)41-3-1-2-4-42(41)50(48-26-38-14-39(27-48)16-40(15-38)28-48)44(52)46-20-32-8-33(21-46)10-34(9-32)22-46/h1-4,29-40H,5-28H2. The Morgan fingerprint density at radius 2 is 0.577 bits per heavy atom. The molecule has 0 atom stereocenters. The van der Waals surface area contributed by atoms with E-state index in [1.165, 1.54) is 127 Å². The first-order chi connectivity index (χ1) is 25.2. The fourth-order valence-corrected chi connectivity index (χ4v) is 19.9. The maximum absolute atomic E-state index is 16.2. The molecule has 52 heavy (non-hydrogen) atoms. The van der Waals surface area contributed by atoms with Crippen LogP contribution in [-0.4, -0.2) is 22.9 Å². The van der Waals surface area contributed by atoms with Crippen molar-refractivity contribution in [3.8, 4) is 0 Å². The zero-order valence-electron chi connectivity index (χ0n) is 31.9. The van der Waals surface area contributed by atoms with Gasteiger partial charge in [0, 0.05) is 11.1 Å². The summed E-state index contributed by atoms with van der Waals surface area (Å²) in [6.07, 6.45) is 30.6. The lowest BCUT2D eigenvalue weighted by atomic mass is 9.48. The van der Waals surface area contributed by atoms with Gasteiger partial charge in [0.1, 0.15) is 0 Å². The van der Waals surface area contributed by atoms with Gasteiger partial charge < -0.3 is 9.80 Å². The number of hydrogen-bond donors (Lipinski definition) is 0. The summed E-state index contributed by atoms with van der Waals surface area (Å²) in [4.78, 5) is 37.7. The molecule has 1 aromatic rings. The van der Waals surface area contributed by atoms with E-state index in [1.54, 1.807) is 0 Å². The fourth-order valence-electron chi connectivity index (χ4n) is 19.9. The molecular weight excluding hydrogens is 637 g/mol. The van der Waals surface area contributed by atoms with Crippen LogP contribution in [0, 0.1) is 81.8 Å². The molecule has 0 spiro atoms. The molecule has 16 aliphatic carbocycles. The topological polar surface area (TPSA) is 40.6 Å². The molecule has 0 aliphatic heterocycles. The molecule has 17 rings (SSSR count). The molecule has 16 bridgehead atoms. The van der Waals surface area contributed by atoms with E-state index in [4.69, 9.17) is 0 Å². The third-order valence-electron chi connectivity index (χ3n) is 19.7. The second kappa shape index (κ2) is 10.5. The maximum atomic E-state index is 16.2. The van der Waals surface area contributed by atoms with Crippen molar-refractivity contribution in [3.63, 3.8) is 0 Å². The van der Waals surface area contributed by atoms with Crippen LogP contribution in [0.1, 0.15) is 154 Å². The van der Waals surface area contributed by atoms with Crippen molar-refractivity contribution >= 4 is 23.2 Å². The Bertz CT molecular complexity index is 1440. The van der Waals surface area contributed by atoms with Gasteiger partial charge in [0.15, 0.2) is 0 Å². The summed E-state index contributed by atoms with van der Waals surface area (Å²) >= 11 is 0. The monoisotopic (exact) mass is 700 g/mol. The van der Waals surface area contributed by atoms with Crippen molar-refractivity contribution < 1.29 is 9.59 Å². The van der Waals surface area contributed by atoms with E-state index >= 15 is 9.59 Å². The fraction of sp³-hybridized carbons (Fsp3) is 0.833. The Labute approximate surface area is 313 Å². The van der Waals surface area contributed by atoms with Crippen molar-refractivity contribution in [1.29, 1.82) is 0 Å². The Balaban J connectivity index is 0.990. The second-order valence-corrected chi connectivity index (χ2v) is 23.4. The van der Waals surface area contributed by atoms with E-state index < -0.39 is 0 Å². The molecular formula is C48H64N2O2. The predicted molar refractivity (Wildman–Crippen MR) is 204 cm³/mol. The summed E-state index contributed by atoms with van der Waals surface area (Å²) in [6, 6.07) is 9.28. The zero-order chi connectivity index (χ0) is 34.2. The molecule has 16 saturated carbocycles. The van der Waals surface area contributed by atoms with E-state index in [1.807, 2.05) is 0 Å². The third kappa shape index (κ3) is 4.34. The number of hydrogen-bond acceptors (Lipinski definition) is 2. The molecule has 0 N–H and O–H groups in total. The summed E-state index contributed by atoms with van der Waals surface area (Å²) in [7, 11) is 0. The summed E-state index contributed by atoms with van der Waals surface area (Å²) in [5.41, 5.74) is 1.86. The zero-order valence-corrected chi connectivity index (χ0v) is 31.9. The van der Waals surface area contributed by atoms with Gasteiger partial charge in [0.25, 0.3) is 0 Å². The summed E-state index contributed by atoms with van der Waals surface area (Å²) in [6.45, 7) is 0. The van der Waals surface area contributed by atoms with E-state index in [9.17, 15) is 0 Å². The average molecular weight is 701 g/mol. The first-order valence-corrected chi connectivity index (χ1v) is 23.0. The lowest BCUT2D eigenvalue weighted by molar-refractivity contribution is -0.148. The molecule has 2 amide bonds. The van der Waals surface area contributed by atoms with E-state index in [-0.39, 0.29) is 21.9 Å². The Morgan fingerprint density at radius 1 is 0.365 bits per heavy atom. The molecule has 0 aromatic heterocycles. The summed E-state index contributed by atoms with van der Waals surface area (Å²) < 4.78 is 0. The highest BCUT2D eigenvalue weighted by molar-refractivity contribution is 6.07. The van der Waals surface area contributed by atoms with Crippen molar-refractivity contribution in [2.75, 3.05) is 9.80 Å². The van der Waals surface area contributed by atoms with Crippen LogP contribution in [-0.2, 0) is 9.59 Å². The number of rotatable bonds is 6. The van der Waals surface area contributed by atoms with Gasteiger partial charge in [-0.05, 0) is 237 Å². The number of amides is 2. The Hall–Kier alpha value is -1.84. The number of anilines is 2. The molecule has 0 unspecified atom stereocenters. The molecule has 1 aromatic carbocycles. The molecule has 0 radical (unpaired) electrons. The van der Waals surface area contributed by atoms with Gasteiger partial charge >= 0.3 is 0 Å². The molecule has 16 aliphatic rings. The van der Waals surface area contributed by atoms with Crippen LogP contribution < -0.4 is 9.80 Å². The smallest absolute Gasteiger partial charge is 0.233 e. The SMILES string of the molecule is O=C(N(c1ccccc1N(C(=O)C12CC3CC(CC(C3)C1)C2)C12CC3CC(CC(C3)C1)C2)C12CC3CC(CC(C3)C1)C2)C12CC3CC(CC(C3)C1)C2. The van der Waals surface area contributed by atoms with Crippen LogP contribution in [0.5, 0.6) is 0 Å². The van der Waals surface area contributed by atoms with E-state index in [0.717, 1.165) is 110 Å². The molecule has 0 heterocycles. The van der Waals surface area contributed by atoms with Crippen LogP contribution in [0.15, 0.2) is 24.3 Å². The van der Waals surface area contributed by atoms with Crippen LogP contribution in [0.4, 0.5) is 11.4 Å². The molecule has 0 saturated heterocycles. The molecule has 16 fully saturated rings. The Kier molecular flexibility index (Phi) is 6.34. The van der Waals surface area contributed by atoms with Crippen molar-refractivity contribution in [2.45, 2.75) is 165 Å². The number of carbonyl (C=O) groups is 2. The van der Waals surface area contributed by atoms with E-state index in [0.29, 0.717) is 11.8 Å². The van der Waals surface area contributed by atoms with Gasteiger partial charge in [-0.2, -0.15) is 0 Å². The summed E-state index contributed by atoms with van der Waals surface area (Å²) in [5, 5.41) is 0. The van der Waals surface area contributed by atoms with Crippen LogP contribution >= 0.6 is 0 Å². The van der Waals surface area contributed by atoms with Crippen molar-refractivity contribution in [3.05, 3.63) is 24.3 Å². The predicted octanol–water partition coefficient (Wildman–Crippen LogP) is 10.7. The lowest BCUT2D eigenvalue weighted by Gasteiger charge is -2.65. The molecule has 4 nitrogen and oxygen atoms in total. The van der Waals surface area contributed by atoms with Crippen LogP contribution in [0.3, 0.4) is 0 Å². The largest absolute Gasteiger partial charge is 0.304 e. The van der Waals surface area contributed by atoms with Crippen LogP contribution in [0.2, 0.25) is 0 Å². The van der Waals surface area contributed by atoms with Crippen molar-refractivity contribution in [1.82, 2.24) is 0 Å². The average Bonchev–Trinajstić information content (AvgIpc) is 3.06. The highest BCUT2D eigenvalue weighted by atomic mass is 16.2.